The van der Waals surface area contributed by atoms with E-state index in [2.05, 4.69) is 30.8 Å². The number of allylic oxidation sites excluding steroid dienone is 4. The molecule has 1 atom stereocenters. The third-order valence-electron chi connectivity index (χ3n) is 12.4. The van der Waals surface area contributed by atoms with E-state index in [1.165, 1.54) is 12.3 Å². The standard InChI is InChI=1S/C44H51F2N7O4/c45-37-26-33(48-39-15-16-40(54)50-42(39)55)11-14-36(37)29-17-21-52(22-18-29)34-19-23-53(24-20-34)44(56)57-35-12-9-32(10-13-35)49-43-47-27-38(46)41(51-43)31-8-4-7-30(25-31)28-5-2-1-3-6-28/h1-8,25-27,29,32,34-35,39,48H,9-24H2,(H,47,49,51)(H,50,54,55). The predicted molar refractivity (Wildman–Crippen MR) is 213 cm³/mol. The maximum absolute atomic E-state index is 15.3. The van der Waals surface area contributed by atoms with Crippen molar-refractivity contribution in [2.24, 2.45) is 5.92 Å². The number of benzene rings is 2. The number of hydrogen-bond acceptors (Lipinski definition) is 9. The molecule has 3 aliphatic heterocycles. The molecule has 3 N–H and O–H groups in total. The minimum Gasteiger partial charge on any atom is -0.446 e. The molecule has 57 heavy (non-hydrogen) atoms. The smallest absolute Gasteiger partial charge is 0.410 e. The molecule has 8 rings (SSSR count). The molecular formula is C44H51F2N7O4. The molecule has 1 aromatic heterocycles. The number of amides is 3. The lowest BCUT2D eigenvalue weighted by atomic mass is 9.83. The molecule has 2 aromatic carbocycles. The Bertz CT molecular complexity index is 2000. The number of rotatable bonds is 9. The highest BCUT2D eigenvalue weighted by Crippen LogP contribution is 2.37. The molecule has 4 fully saturated rings. The number of aromatic nitrogens is 2. The fraction of sp³-hybridized carbons (Fsp3) is 0.477. The number of nitrogens with zero attached hydrogens (tertiary/aromatic N) is 4. The Morgan fingerprint density at radius 2 is 1.53 bits per heavy atom. The minimum absolute atomic E-state index is 0.0932. The summed E-state index contributed by atoms with van der Waals surface area (Å²) in [6.45, 7) is 3.13. The normalized spacial score (nSPS) is 24.1. The van der Waals surface area contributed by atoms with Gasteiger partial charge in [-0.2, -0.15) is 0 Å². The van der Waals surface area contributed by atoms with E-state index in [0.29, 0.717) is 55.6 Å². The van der Waals surface area contributed by atoms with Crippen LogP contribution in [0.3, 0.4) is 0 Å². The molecule has 3 amide bonds. The van der Waals surface area contributed by atoms with Crippen molar-refractivity contribution in [3.05, 3.63) is 89.8 Å². The van der Waals surface area contributed by atoms with Gasteiger partial charge >= 0.3 is 6.09 Å². The number of halogens is 2. The lowest BCUT2D eigenvalue weighted by molar-refractivity contribution is -0.134. The second kappa shape index (κ2) is 17.5. The first kappa shape index (κ1) is 38.7. The zero-order valence-corrected chi connectivity index (χ0v) is 32.2. The monoisotopic (exact) mass is 779 g/mol. The Morgan fingerprint density at radius 3 is 2.26 bits per heavy atom. The van der Waals surface area contributed by atoms with Crippen molar-refractivity contribution in [1.82, 2.24) is 30.4 Å². The van der Waals surface area contributed by atoms with Crippen molar-refractivity contribution in [1.29, 1.82) is 0 Å². The largest absolute Gasteiger partial charge is 0.446 e. The van der Waals surface area contributed by atoms with Crippen LogP contribution in [-0.2, 0) is 14.3 Å². The molecular weight excluding hydrogens is 729 g/mol. The average Bonchev–Trinajstić information content (AvgIpc) is 3.24. The first-order chi connectivity index (χ1) is 27.8. The highest BCUT2D eigenvalue weighted by atomic mass is 19.1. The number of carbonyl (C=O) groups is 3. The fourth-order valence-corrected chi connectivity index (χ4v) is 9.14. The van der Waals surface area contributed by atoms with E-state index < -0.39 is 11.9 Å². The Morgan fingerprint density at radius 1 is 0.789 bits per heavy atom. The van der Waals surface area contributed by atoms with Gasteiger partial charge in [0.1, 0.15) is 23.7 Å². The highest BCUT2D eigenvalue weighted by molar-refractivity contribution is 6.00. The zero-order valence-electron chi connectivity index (χ0n) is 32.2. The van der Waals surface area contributed by atoms with Crippen LogP contribution in [0.2, 0.25) is 0 Å². The number of hydrogen-bond donors (Lipinski definition) is 3. The summed E-state index contributed by atoms with van der Waals surface area (Å²) < 4.78 is 36.2. The average molecular weight is 780 g/mol. The summed E-state index contributed by atoms with van der Waals surface area (Å²) in [6, 6.07) is 17.7. The molecule has 5 aliphatic rings. The SMILES string of the molecule is O=C1CCC(NC2=CC(F)=C(C3CCN(C4CCN(C(=O)OC5CCC(Nc6ncc(F)c(-c7cccc(-c8ccccc8)c7)n6)CC5)CC4)CC3)CC2)C(=O)N1. The van der Waals surface area contributed by atoms with Gasteiger partial charge in [0.2, 0.25) is 17.8 Å². The van der Waals surface area contributed by atoms with Gasteiger partial charge in [0.05, 0.1) is 6.20 Å². The Labute approximate surface area is 332 Å². The minimum atomic E-state index is -0.501. The van der Waals surface area contributed by atoms with E-state index in [1.54, 1.807) is 0 Å². The lowest BCUT2D eigenvalue weighted by Crippen LogP contribution is -2.50. The van der Waals surface area contributed by atoms with E-state index in [4.69, 9.17) is 4.74 Å². The fourth-order valence-electron chi connectivity index (χ4n) is 9.14. The first-order valence-corrected chi connectivity index (χ1v) is 20.6. The first-order valence-electron chi connectivity index (χ1n) is 20.6. The van der Waals surface area contributed by atoms with Crippen LogP contribution < -0.4 is 16.0 Å². The number of anilines is 1. The summed E-state index contributed by atoms with van der Waals surface area (Å²) in [5, 5.41) is 8.88. The number of imide groups is 1. The molecule has 4 heterocycles. The number of piperidine rings is 3. The van der Waals surface area contributed by atoms with Gasteiger partial charge in [0.25, 0.3) is 0 Å². The molecule has 3 aromatic rings. The van der Waals surface area contributed by atoms with Crippen molar-refractivity contribution in [3.63, 3.8) is 0 Å². The third kappa shape index (κ3) is 9.35. The number of nitrogens with one attached hydrogen (secondary N) is 3. The number of carbonyl (C=O) groups excluding carboxylic acids is 3. The Balaban J connectivity index is 0.754. The van der Waals surface area contributed by atoms with Crippen LogP contribution in [0.5, 0.6) is 0 Å². The summed E-state index contributed by atoms with van der Waals surface area (Å²) in [6.07, 6.45) is 11.0. The van der Waals surface area contributed by atoms with Crippen molar-refractivity contribution in [2.75, 3.05) is 31.5 Å². The van der Waals surface area contributed by atoms with Crippen LogP contribution in [-0.4, -0.2) is 88.1 Å². The number of likely N-dealkylation sites (tertiary alicyclic amines) is 2. The number of ether oxygens (including phenoxy) is 1. The quantitative estimate of drug-likeness (QED) is 0.192. The van der Waals surface area contributed by atoms with E-state index in [-0.39, 0.29) is 53.9 Å². The molecule has 2 aliphatic carbocycles. The predicted octanol–water partition coefficient (Wildman–Crippen LogP) is 7.28. The molecule has 300 valence electrons. The summed E-state index contributed by atoms with van der Waals surface area (Å²) in [5.41, 5.74) is 4.57. The van der Waals surface area contributed by atoms with Crippen LogP contribution in [0.1, 0.15) is 77.0 Å². The molecule has 0 spiro atoms. The van der Waals surface area contributed by atoms with Gasteiger partial charge in [0, 0.05) is 42.9 Å². The second-order valence-corrected chi connectivity index (χ2v) is 16.1. The molecule has 0 radical (unpaired) electrons. The third-order valence-corrected chi connectivity index (χ3v) is 12.4. The molecule has 0 bridgehead atoms. The maximum atomic E-state index is 15.3. The van der Waals surface area contributed by atoms with E-state index in [0.717, 1.165) is 81.2 Å². The van der Waals surface area contributed by atoms with Gasteiger partial charge in [-0.05, 0) is 118 Å². The van der Waals surface area contributed by atoms with Gasteiger partial charge in [-0.3, -0.25) is 14.9 Å². The molecule has 13 heteroatoms. The van der Waals surface area contributed by atoms with Crippen molar-refractivity contribution in [3.8, 4) is 22.4 Å². The lowest BCUT2D eigenvalue weighted by Gasteiger charge is -2.42. The van der Waals surface area contributed by atoms with Gasteiger partial charge in [-0.25, -0.2) is 23.5 Å². The summed E-state index contributed by atoms with van der Waals surface area (Å²) in [7, 11) is 0. The van der Waals surface area contributed by atoms with E-state index >= 15 is 4.39 Å². The zero-order chi connectivity index (χ0) is 39.3. The van der Waals surface area contributed by atoms with Gasteiger partial charge in [-0.15, -0.1) is 0 Å². The maximum Gasteiger partial charge on any atom is 0.410 e. The Hall–Kier alpha value is -5.17. The summed E-state index contributed by atoms with van der Waals surface area (Å²) >= 11 is 0. The Kier molecular flexibility index (Phi) is 11.9. The van der Waals surface area contributed by atoms with Crippen LogP contribution in [0.25, 0.3) is 22.4 Å². The molecule has 3 saturated heterocycles. The topological polar surface area (TPSA) is 129 Å². The van der Waals surface area contributed by atoms with Crippen LogP contribution in [0.15, 0.2) is 84.0 Å². The summed E-state index contributed by atoms with van der Waals surface area (Å²) in [4.78, 5) is 49.9. The van der Waals surface area contributed by atoms with E-state index in [9.17, 15) is 18.8 Å². The van der Waals surface area contributed by atoms with Crippen LogP contribution in [0, 0.1) is 11.7 Å². The molecule has 1 unspecified atom stereocenters. The van der Waals surface area contributed by atoms with Gasteiger partial charge in [0.15, 0.2) is 5.82 Å². The van der Waals surface area contributed by atoms with E-state index in [1.807, 2.05) is 59.5 Å². The molecule has 11 nitrogen and oxygen atoms in total. The highest BCUT2D eigenvalue weighted by Gasteiger charge is 2.34. The van der Waals surface area contributed by atoms with Crippen LogP contribution in [0.4, 0.5) is 19.5 Å². The van der Waals surface area contributed by atoms with Gasteiger partial charge in [-0.1, -0.05) is 48.5 Å². The second-order valence-electron chi connectivity index (χ2n) is 16.1. The van der Waals surface area contributed by atoms with Crippen molar-refractivity contribution in [2.45, 2.75) is 101 Å². The van der Waals surface area contributed by atoms with Crippen molar-refractivity contribution >= 4 is 23.9 Å². The molecule has 1 saturated carbocycles. The summed E-state index contributed by atoms with van der Waals surface area (Å²) in [5.74, 6) is -0.685. The van der Waals surface area contributed by atoms with Crippen LogP contribution >= 0.6 is 0 Å². The van der Waals surface area contributed by atoms with Gasteiger partial charge < -0.3 is 25.2 Å². The van der Waals surface area contributed by atoms with Crippen molar-refractivity contribution < 1.29 is 27.9 Å².